The average molecular weight is 121 g/mol. The first-order chi connectivity index (χ1) is 4.45. The van der Waals surface area contributed by atoms with E-state index in [4.69, 9.17) is 0 Å². The van der Waals surface area contributed by atoms with Crippen LogP contribution in [0.25, 0.3) is 0 Å². The van der Waals surface area contributed by atoms with Gasteiger partial charge in [0.15, 0.2) is 0 Å². The molecule has 0 nitrogen and oxygen atoms in total. The molecular weight excluding hydrogens is 108 g/mol. The zero-order valence-corrected chi connectivity index (χ0v) is 5.72. The Bertz CT molecular complexity index is 115. The maximum Gasteiger partial charge on any atom is -0.0312 e. The highest BCUT2D eigenvalue weighted by Gasteiger charge is 2.53. The normalized spacial score (nSPS) is 49.3. The Morgan fingerprint density at radius 2 is 1.22 bits per heavy atom. The van der Waals surface area contributed by atoms with Crippen LogP contribution >= 0.6 is 0 Å². The van der Waals surface area contributed by atoms with Gasteiger partial charge in [0.25, 0.3) is 0 Å². The van der Waals surface area contributed by atoms with Crippen LogP contribution in [0.1, 0.15) is 25.7 Å². The largest absolute Gasteiger partial charge is 0.0499 e. The minimum absolute atomic E-state index is 1.11. The molecule has 2 unspecified atom stereocenters. The summed E-state index contributed by atoms with van der Waals surface area (Å²) >= 11 is 0. The predicted molar refractivity (Wildman–Crippen MR) is 36.7 cm³/mol. The van der Waals surface area contributed by atoms with Crippen LogP contribution in [-0.4, -0.2) is 0 Å². The summed E-state index contributed by atoms with van der Waals surface area (Å²) in [4.78, 5) is 0. The summed E-state index contributed by atoms with van der Waals surface area (Å²) in [5.41, 5.74) is 0. The zero-order chi connectivity index (χ0) is 5.84. The Morgan fingerprint density at radius 1 is 0.778 bits per heavy atom. The second-order valence-electron chi connectivity index (χ2n) is 4.02. The molecule has 0 amide bonds. The molecule has 0 saturated heterocycles. The minimum atomic E-state index is 1.11. The molecule has 0 aromatic heterocycles. The predicted octanol–water partition coefficient (Wildman–Crippen LogP) is 2.26. The van der Waals surface area contributed by atoms with E-state index in [9.17, 15) is 0 Å². The number of hydrogen-bond acceptors (Lipinski definition) is 0. The van der Waals surface area contributed by atoms with Crippen LogP contribution in [0.5, 0.6) is 0 Å². The summed E-state index contributed by atoms with van der Waals surface area (Å²) in [5, 5.41) is 0. The van der Waals surface area contributed by atoms with Crippen LogP contribution in [0.4, 0.5) is 0 Å². The van der Waals surface area contributed by atoms with Gasteiger partial charge in [-0.15, -0.1) is 0 Å². The first kappa shape index (κ1) is 4.76. The van der Waals surface area contributed by atoms with E-state index in [0.29, 0.717) is 0 Å². The second kappa shape index (κ2) is 1.36. The topological polar surface area (TPSA) is 0 Å². The molecule has 0 aromatic carbocycles. The molecule has 49 valence electrons. The Kier molecular flexibility index (Phi) is 0.717. The second-order valence-corrected chi connectivity index (χ2v) is 4.02. The molecule has 3 fully saturated rings. The van der Waals surface area contributed by atoms with Crippen molar-refractivity contribution in [1.29, 1.82) is 0 Å². The minimum Gasteiger partial charge on any atom is -0.0499 e. The molecule has 9 heavy (non-hydrogen) atoms. The standard InChI is InChI=1S/C9H13/c1-2-6(1)8-5-9(8)7-3-4-7/h5-9H,1-4H2. The van der Waals surface area contributed by atoms with Crippen molar-refractivity contribution in [2.45, 2.75) is 25.7 Å². The molecule has 3 saturated carbocycles. The molecule has 0 aromatic rings. The maximum atomic E-state index is 2.61. The summed E-state index contributed by atoms with van der Waals surface area (Å²) in [5.74, 6) is 4.54. The van der Waals surface area contributed by atoms with Gasteiger partial charge in [-0.05, 0) is 55.8 Å². The van der Waals surface area contributed by atoms with Crippen molar-refractivity contribution in [3.63, 3.8) is 0 Å². The van der Waals surface area contributed by atoms with Crippen LogP contribution in [0.15, 0.2) is 0 Å². The van der Waals surface area contributed by atoms with Gasteiger partial charge in [0, 0.05) is 0 Å². The number of hydrogen-bond donors (Lipinski definition) is 0. The molecule has 1 radical (unpaired) electrons. The highest BCUT2D eigenvalue weighted by molar-refractivity contribution is 5.15. The summed E-state index contributed by atoms with van der Waals surface area (Å²) in [6.45, 7) is 0. The Balaban J connectivity index is 1.61. The summed E-state index contributed by atoms with van der Waals surface area (Å²) in [7, 11) is 0. The van der Waals surface area contributed by atoms with Crippen molar-refractivity contribution >= 4 is 0 Å². The Hall–Kier alpha value is 0. The molecule has 0 heteroatoms. The van der Waals surface area contributed by atoms with Crippen LogP contribution in [0.3, 0.4) is 0 Å². The Labute approximate surface area is 56.6 Å². The van der Waals surface area contributed by atoms with Crippen LogP contribution in [0.2, 0.25) is 0 Å². The molecule has 0 spiro atoms. The number of rotatable bonds is 2. The third-order valence-corrected chi connectivity index (χ3v) is 3.08. The molecular formula is C9H13. The maximum absolute atomic E-state index is 2.61. The van der Waals surface area contributed by atoms with Gasteiger partial charge in [-0.1, -0.05) is 0 Å². The van der Waals surface area contributed by atoms with Gasteiger partial charge < -0.3 is 0 Å². The smallest absolute Gasteiger partial charge is 0.0312 e. The SMILES string of the molecule is [CH]1C(C2CC2)C1C1CC1. The van der Waals surface area contributed by atoms with E-state index in [1.807, 2.05) is 0 Å². The zero-order valence-electron chi connectivity index (χ0n) is 5.72. The summed E-state index contributed by atoms with van der Waals surface area (Å²) in [6.07, 6.45) is 8.79. The highest BCUT2D eigenvalue weighted by Crippen LogP contribution is 2.61. The molecule has 0 heterocycles. The lowest BCUT2D eigenvalue weighted by Crippen LogP contribution is -1.85. The monoisotopic (exact) mass is 121 g/mol. The van der Waals surface area contributed by atoms with Crippen LogP contribution in [-0.2, 0) is 0 Å². The molecule has 0 N–H and O–H groups in total. The van der Waals surface area contributed by atoms with E-state index in [1.165, 1.54) is 0 Å². The van der Waals surface area contributed by atoms with Gasteiger partial charge in [-0.25, -0.2) is 0 Å². The summed E-state index contributed by atoms with van der Waals surface area (Å²) < 4.78 is 0. The molecule has 3 rings (SSSR count). The van der Waals surface area contributed by atoms with Crippen molar-refractivity contribution in [2.75, 3.05) is 0 Å². The van der Waals surface area contributed by atoms with Crippen LogP contribution < -0.4 is 0 Å². The van der Waals surface area contributed by atoms with Crippen molar-refractivity contribution in [1.82, 2.24) is 0 Å². The van der Waals surface area contributed by atoms with Crippen molar-refractivity contribution in [3.8, 4) is 0 Å². The third-order valence-electron chi connectivity index (χ3n) is 3.08. The Morgan fingerprint density at radius 3 is 1.56 bits per heavy atom. The first-order valence-electron chi connectivity index (χ1n) is 4.30. The van der Waals surface area contributed by atoms with E-state index in [-0.39, 0.29) is 0 Å². The van der Waals surface area contributed by atoms with E-state index in [2.05, 4.69) is 6.42 Å². The summed E-state index contributed by atoms with van der Waals surface area (Å²) in [6, 6.07) is 0. The van der Waals surface area contributed by atoms with Crippen molar-refractivity contribution in [2.24, 2.45) is 23.7 Å². The van der Waals surface area contributed by atoms with Gasteiger partial charge in [0.05, 0.1) is 0 Å². The van der Waals surface area contributed by atoms with Gasteiger partial charge >= 0.3 is 0 Å². The van der Waals surface area contributed by atoms with E-state index >= 15 is 0 Å². The third kappa shape index (κ3) is 0.720. The lowest BCUT2D eigenvalue weighted by molar-refractivity contribution is 0.579. The molecule has 0 bridgehead atoms. The highest BCUT2D eigenvalue weighted by atomic mass is 14.6. The van der Waals surface area contributed by atoms with Gasteiger partial charge in [0.2, 0.25) is 0 Å². The fourth-order valence-corrected chi connectivity index (χ4v) is 2.10. The molecule has 2 atom stereocenters. The van der Waals surface area contributed by atoms with Gasteiger partial charge in [0.1, 0.15) is 0 Å². The first-order valence-corrected chi connectivity index (χ1v) is 4.30. The van der Waals surface area contributed by atoms with E-state index in [1.54, 1.807) is 25.7 Å². The molecule has 3 aliphatic rings. The quantitative estimate of drug-likeness (QED) is 0.525. The van der Waals surface area contributed by atoms with E-state index < -0.39 is 0 Å². The fraction of sp³-hybridized carbons (Fsp3) is 0.889. The average Bonchev–Trinajstić information content (AvgIpc) is 2.67. The van der Waals surface area contributed by atoms with Crippen molar-refractivity contribution < 1.29 is 0 Å². The van der Waals surface area contributed by atoms with Gasteiger partial charge in [-0.3, -0.25) is 0 Å². The fourth-order valence-electron chi connectivity index (χ4n) is 2.10. The lowest BCUT2D eigenvalue weighted by Gasteiger charge is -1.90. The van der Waals surface area contributed by atoms with E-state index in [0.717, 1.165) is 23.7 Å². The van der Waals surface area contributed by atoms with Crippen molar-refractivity contribution in [3.05, 3.63) is 6.42 Å². The lowest BCUT2D eigenvalue weighted by atomic mass is 10.2. The van der Waals surface area contributed by atoms with Gasteiger partial charge in [-0.2, -0.15) is 0 Å². The van der Waals surface area contributed by atoms with Crippen LogP contribution in [0, 0.1) is 30.1 Å². The molecule has 0 aliphatic heterocycles. The molecule has 3 aliphatic carbocycles.